The van der Waals surface area contributed by atoms with Gasteiger partial charge < -0.3 is 0 Å². The van der Waals surface area contributed by atoms with E-state index in [2.05, 4.69) is 115 Å². The zero-order valence-corrected chi connectivity index (χ0v) is 24.4. The van der Waals surface area contributed by atoms with E-state index in [1.54, 1.807) is 0 Å². The van der Waals surface area contributed by atoms with Crippen molar-refractivity contribution in [1.29, 1.82) is 0 Å². The molecular formula is C43H27NO. The summed E-state index contributed by atoms with van der Waals surface area (Å²) in [6.45, 7) is 0. The summed E-state index contributed by atoms with van der Waals surface area (Å²) in [4.78, 5) is 14.1. The molecule has 45 heavy (non-hydrogen) atoms. The Labute approximate surface area is 260 Å². The van der Waals surface area contributed by atoms with Crippen LogP contribution < -0.4 is 5.56 Å². The first-order chi connectivity index (χ1) is 22.2. The van der Waals surface area contributed by atoms with Gasteiger partial charge in [0, 0.05) is 16.5 Å². The van der Waals surface area contributed by atoms with Gasteiger partial charge in [0.15, 0.2) is 0 Å². The average molecular weight is 574 g/mol. The Morgan fingerprint density at radius 3 is 1.91 bits per heavy atom. The Kier molecular flexibility index (Phi) is 5.69. The van der Waals surface area contributed by atoms with Crippen molar-refractivity contribution >= 4 is 54.0 Å². The van der Waals surface area contributed by atoms with Crippen LogP contribution in [0.25, 0.3) is 81.9 Å². The third-order valence-corrected chi connectivity index (χ3v) is 9.15. The molecule has 0 aliphatic rings. The van der Waals surface area contributed by atoms with Crippen molar-refractivity contribution < 1.29 is 0 Å². The summed E-state index contributed by atoms with van der Waals surface area (Å²) in [5.41, 5.74) is 6.24. The smallest absolute Gasteiger partial charge is 0.263 e. The van der Waals surface area contributed by atoms with E-state index in [-0.39, 0.29) is 5.56 Å². The summed E-state index contributed by atoms with van der Waals surface area (Å²) in [7, 11) is 0. The maximum absolute atomic E-state index is 14.1. The van der Waals surface area contributed by atoms with Gasteiger partial charge in [-0.25, -0.2) is 0 Å². The number of benzene rings is 8. The van der Waals surface area contributed by atoms with Crippen LogP contribution in [-0.4, -0.2) is 4.57 Å². The minimum Gasteiger partial charge on any atom is -0.276 e. The number of rotatable bonds is 3. The number of nitrogens with zero attached hydrogens (tertiary/aromatic N) is 1. The van der Waals surface area contributed by atoms with Crippen LogP contribution in [0.5, 0.6) is 0 Å². The Morgan fingerprint density at radius 1 is 0.356 bits per heavy atom. The highest BCUT2D eigenvalue weighted by molar-refractivity contribution is 6.16. The van der Waals surface area contributed by atoms with E-state index in [0.29, 0.717) is 5.39 Å². The van der Waals surface area contributed by atoms with Gasteiger partial charge in [0.2, 0.25) is 0 Å². The van der Waals surface area contributed by atoms with Crippen LogP contribution in [-0.2, 0) is 0 Å². The fraction of sp³-hybridized carbons (Fsp3) is 0. The lowest BCUT2D eigenvalue weighted by atomic mass is 9.92. The topological polar surface area (TPSA) is 22.0 Å². The molecule has 0 saturated heterocycles. The lowest BCUT2D eigenvalue weighted by Crippen LogP contribution is -2.19. The highest BCUT2D eigenvalue weighted by Crippen LogP contribution is 2.37. The quantitative estimate of drug-likeness (QED) is 0.152. The second-order valence-electron chi connectivity index (χ2n) is 11.7. The molecule has 0 bridgehead atoms. The monoisotopic (exact) mass is 573 g/mol. The first-order valence-corrected chi connectivity index (χ1v) is 15.3. The maximum Gasteiger partial charge on any atom is 0.263 e. The van der Waals surface area contributed by atoms with E-state index in [1.165, 1.54) is 37.9 Å². The molecule has 0 saturated carbocycles. The minimum absolute atomic E-state index is 0.0140. The average Bonchev–Trinajstić information content (AvgIpc) is 3.11. The fourth-order valence-corrected chi connectivity index (χ4v) is 6.99. The molecule has 210 valence electrons. The van der Waals surface area contributed by atoms with Gasteiger partial charge in [-0.3, -0.25) is 9.36 Å². The van der Waals surface area contributed by atoms with Crippen molar-refractivity contribution in [2.75, 3.05) is 0 Å². The van der Waals surface area contributed by atoms with E-state index in [1.807, 2.05) is 53.1 Å². The summed E-state index contributed by atoms with van der Waals surface area (Å²) < 4.78 is 1.87. The van der Waals surface area contributed by atoms with Gasteiger partial charge in [-0.15, -0.1) is 0 Å². The second kappa shape index (κ2) is 10.0. The van der Waals surface area contributed by atoms with Crippen molar-refractivity contribution in [3.63, 3.8) is 0 Å². The number of hydrogen-bond acceptors (Lipinski definition) is 1. The zero-order valence-electron chi connectivity index (χ0n) is 24.4. The van der Waals surface area contributed by atoms with Crippen LogP contribution in [0.15, 0.2) is 169 Å². The molecule has 2 nitrogen and oxygen atoms in total. The van der Waals surface area contributed by atoms with Crippen molar-refractivity contribution in [2.45, 2.75) is 0 Å². The molecule has 0 aliphatic heterocycles. The van der Waals surface area contributed by atoms with Crippen LogP contribution in [0.2, 0.25) is 0 Å². The fourth-order valence-electron chi connectivity index (χ4n) is 6.99. The Bertz CT molecular complexity index is 2670. The lowest BCUT2D eigenvalue weighted by molar-refractivity contribution is 1.06. The highest BCUT2D eigenvalue weighted by atomic mass is 16.1. The van der Waals surface area contributed by atoms with E-state index in [0.717, 1.165) is 38.7 Å². The van der Waals surface area contributed by atoms with Crippen molar-refractivity contribution in [3.8, 4) is 27.9 Å². The van der Waals surface area contributed by atoms with Gasteiger partial charge >= 0.3 is 0 Å². The molecule has 0 aliphatic carbocycles. The third kappa shape index (κ3) is 4.07. The molecule has 1 heterocycles. The van der Waals surface area contributed by atoms with Crippen LogP contribution in [0.4, 0.5) is 0 Å². The third-order valence-electron chi connectivity index (χ3n) is 9.15. The summed E-state index contributed by atoms with van der Waals surface area (Å²) in [6.07, 6.45) is 0. The van der Waals surface area contributed by atoms with Gasteiger partial charge in [0.1, 0.15) is 0 Å². The molecular weight excluding hydrogens is 546 g/mol. The normalized spacial score (nSPS) is 11.6. The summed E-state index contributed by atoms with van der Waals surface area (Å²) in [6, 6.07) is 57.3. The summed E-state index contributed by atoms with van der Waals surface area (Å²) in [5, 5.41) is 10.2. The standard InChI is InChI=1S/C43H27NO/c45-43-39-17-7-6-16-37(39)41-27-33(21-23-42(41)44(43)34-15-8-14-30(25-34)28-10-2-1-3-11-28)35-18-9-19-36-38(35)22-20-32-24-29-12-4-5-13-31(29)26-40(32)36/h1-27H. The molecule has 0 atom stereocenters. The molecule has 0 fully saturated rings. The molecule has 2 heteroatoms. The lowest BCUT2D eigenvalue weighted by Gasteiger charge is -2.16. The van der Waals surface area contributed by atoms with Crippen molar-refractivity contribution in [2.24, 2.45) is 0 Å². The zero-order chi connectivity index (χ0) is 29.9. The number of pyridine rings is 1. The van der Waals surface area contributed by atoms with E-state index < -0.39 is 0 Å². The van der Waals surface area contributed by atoms with Gasteiger partial charge in [0.25, 0.3) is 5.56 Å². The first-order valence-electron chi connectivity index (χ1n) is 15.3. The minimum atomic E-state index is -0.0140. The maximum atomic E-state index is 14.1. The van der Waals surface area contributed by atoms with E-state index in [4.69, 9.17) is 0 Å². The van der Waals surface area contributed by atoms with Gasteiger partial charge in [-0.2, -0.15) is 0 Å². The largest absolute Gasteiger partial charge is 0.276 e. The Morgan fingerprint density at radius 2 is 1.04 bits per heavy atom. The Balaban J connectivity index is 1.29. The van der Waals surface area contributed by atoms with Crippen molar-refractivity contribution in [3.05, 3.63) is 174 Å². The summed E-state index contributed by atoms with van der Waals surface area (Å²) >= 11 is 0. The molecule has 0 spiro atoms. The molecule has 1 aromatic heterocycles. The number of hydrogen-bond donors (Lipinski definition) is 0. The summed E-state index contributed by atoms with van der Waals surface area (Å²) in [5.74, 6) is 0. The van der Waals surface area contributed by atoms with E-state index >= 15 is 0 Å². The molecule has 0 radical (unpaired) electrons. The molecule has 0 N–H and O–H groups in total. The molecule has 9 rings (SSSR count). The number of fused-ring (bicyclic) bond motifs is 7. The molecule has 0 unspecified atom stereocenters. The van der Waals surface area contributed by atoms with Crippen molar-refractivity contribution in [1.82, 2.24) is 4.57 Å². The molecule has 9 aromatic rings. The van der Waals surface area contributed by atoms with Gasteiger partial charge in [-0.05, 0) is 102 Å². The van der Waals surface area contributed by atoms with Crippen LogP contribution in [0.3, 0.4) is 0 Å². The second-order valence-corrected chi connectivity index (χ2v) is 11.7. The van der Waals surface area contributed by atoms with E-state index in [9.17, 15) is 4.79 Å². The van der Waals surface area contributed by atoms with Crippen LogP contribution >= 0.6 is 0 Å². The first kappa shape index (κ1) is 25.5. The number of aromatic nitrogens is 1. The predicted octanol–water partition coefficient (Wildman–Crippen LogP) is 10.9. The van der Waals surface area contributed by atoms with Crippen LogP contribution in [0.1, 0.15) is 0 Å². The highest BCUT2D eigenvalue weighted by Gasteiger charge is 2.15. The predicted molar refractivity (Wildman–Crippen MR) is 190 cm³/mol. The van der Waals surface area contributed by atoms with Gasteiger partial charge in [-0.1, -0.05) is 121 Å². The molecule has 0 amide bonds. The van der Waals surface area contributed by atoms with Gasteiger partial charge in [0.05, 0.1) is 5.52 Å². The Hall–Kier alpha value is -5.99. The molecule has 8 aromatic carbocycles. The SMILES string of the molecule is O=c1c2ccccc2c2cc(-c3cccc4c3ccc3cc5ccccc5cc34)ccc2n1-c1cccc(-c2ccccc2)c1. The van der Waals surface area contributed by atoms with Crippen LogP contribution in [0, 0.1) is 0 Å².